The highest BCUT2D eigenvalue weighted by atomic mass is 35.5. The van der Waals surface area contributed by atoms with Gasteiger partial charge in [0, 0.05) is 17.0 Å². The van der Waals surface area contributed by atoms with E-state index in [4.69, 9.17) is 16.7 Å². The lowest BCUT2D eigenvalue weighted by molar-refractivity contribution is -0.137. The van der Waals surface area contributed by atoms with Crippen molar-refractivity contribution in [2.75, 3.05) is 0 Å². The van der Waals surface area contributed by atoms with Crippen molar-refractivity contribution in [3.8, 4) is 11.3 Å². The zero-order valence-electron chi connectivity index (χ0n) is 9.28. The summed E-state index contributed by atoms with van der Waals surface area (Å²) in [5, 5.41) is 8.98. The predicted molar refractivity (Wildman–Crippen MR) is 64.9 cm³/mol. The molecule has 0 aliphatic rings. The maximum absolute atomic E-state index is 13.6. The molecule has 0 saturated heterocycles. The van der Waals surface area contributed by atoms with E-state index in [1.807, 2.05) is 0 Å². The number of H-pyrrole nitrogens is 1. The van der Waals surface area contributed by atoms with E-state index in [0.29, 0.717) is 22.1 Å². The largest absolute Gasteiger partial charge is 0.481 e. The van der Waals surface area contributed by atoms with Crippen molar-refractivity contribution in [1.29, 1.82) is 0 Å². The Balaban J connectivity index is 2.23. The minimum absolute atomic E-state index is 0.0228. The molecular formula is C12H10ClFN2O2. The molecule has 0 saturated carbocycles. The van der Waals surface area contributed by atoms with Gasteiger partial charge in [-0.3, -0.25) is 4.79 Å². The van der Waals surface area contributed by atoms with Crippen LogP contribution < -0.4 is 0 Å². The molecule has 0 aliphatic heterocycles. The van der Waals surface area contributed by atoms with Gasteiger partial charge in [-0.1, -0.05) is 11.6 Å². The summed E-state index contributed by atoms with van der Waals surface area (Å²) in [6.07, 6.45) is 1.72. The van der Waals surface area contributed by atoms with Gasteiger partial charge in [0.1, 0.15) is 11.6 Å². The van der Waals surface area contributed by atoms with Crippen molar-refractivity contribution < 1.29 is 14.3 Å². The number of aromatic amines is 1. The molecule has 18 heavy (non-hydrogen) atoms. The summed E-state index contributed by atoms with van der Waals surface area (Å²) < 4.78 is 13.6. The minimum atomic E-state index is -0.901. The highest BCUT2D eigenvalue weighted by Gasteiger charge is 2.10. The molecule has 0 spiro atoms. The van der Waals surface area contributed by atoms with Gasteiger partial charge in [-0.05, 0) is 18.2 Å². The lowest BCUT2D eigenvalue weighted by atomic mass is 10.1. The molecule has 0 bridgehead atoms. The topological polar surface area (TPSA) is 66.0 Å². The van der Waals surface area contributed by atoms with Gasteiger partial charge < -0.3 is 10.1 Å². The van der Waals surface area contributed by atoms with E-state index in [1.165, 1.54) is 24.4 Å². The number of nitrogens with zero attached hydrogens (tertiary/aromatic N) is 1. The Kier molecular flexibility index (Phi) is 3.62. The zero-order chi connectivity index (χ0) is 13.1. The number of aromatic nitrogens is 2. The van der Waals surface area contributed by atoms with Crippen molar-refractivity contribution in [3.63, 3.8) is 0 Å². The summed E-state index contributed by atoms with van der Waals surface area (Å²) >= 11 is 5.80. The lowest BCUT2D eigenvalue weighted by Gasteiger charge is -2.00. The van der Waals surface area contributed by atoms with Gasteiger partial charge in [0.05, 0.1) is 18.3 Å². The Hall–Kier alpha value is -1.88. The SMILES string of the molecule is O=C(O)CCc1ncc(-c2cc(Cl)ccc2F)[nH]1. The zero-order valence-corrected chi connectivity index (χ0v) is 10.0. The van der Waals surface area contributed by atoms with Gasteiger partial charge in [-0.2, -0.15) is 0 Å². The third-order valence-corrected chi connectivity index (χ3v) is 2.66. The van der Waals surface area contributed by atoms with Crippen LogP contribution in [0.2, 0.25) is 5.02 Å². The second-order valence-corrected chi connectivity index (χ2v) is 4.20. The Bertz CT molecular complexity index is 583. The number of carboxylic acid groups (broad SMARTS) is 1. The molecular weight excluding hydrogens is 259 g/mol. The summed E-state index contributed by atoms with van der Waals surface area (Å²) in [5.74, 6) is -0.804. The van der Waals surface area contributed by atoms with Crippen LogP contribution in [0, 0.1) is 5.82 Å². The lowest BCUT2D eigenvalue weighted by Crippen LogP contribution is -1.98. The van der Waals surface area contributed by atoms with Crippen LogP contribution in [0.25, 0.3) is 11.3 Å². The van der Waals surface area contributed by atoms with Gasteiger partial charge in [-0.15, -0.1) is 0 Å². The maximum atomic E-state index is 13.6. The normalized spacial score (nSPS) is 10.6. The Morgan fingerprint density at radius 1 is 1.50 bits per heavy atom. The Labute approximate surface area is 107 Å². The molecule has 0 atom stereocenters. The number of carboxylic acids is 1. The smallest absolute Gasteiger partial charge is 0.303 e. The van der Waals surface area contributed by atoms with Crippen LogP contribution >= 0.6 is 11.6 Å². The Morgan fingerprint density at radius 3 is 3.00 bits per heavy atom. The molecule has 1 aromatic heterocycles. The van der Waals surface area contributed by atoms with Crippen molar-refractivity contribution in [2.45, 2.75) is 12.8 Å². The van der Waals surface area contributed by atoms with E-state index >= 15 is 0 Å². The van der Waals surface area contributed by atoms with Gasteiger partial charge >= 0.3 is 5.97 Å². The number of aliphatic carboxylic acids is 1. The number of halogens is 2. The minimum Gasteiger partial charge on any atom is -0.481 e. The van der Waals surface area contributed by atoms with Gasteiger partial charge in [-0.25, -0.2) is 9.37 Å². The van der Waals surface area contributed by atoms with E-state index in [0.717, 1.165) is 0 Å². The third kappa shape index (κ3) is 2.87. The number of nitrogens with one attached hydrogen (secondary N) is 1. The molecule has 2 N–H and O–H groups in total. The van der Waals surface area contributed by atoms with Crippen LogP contribution in [0.15, 0.2) is 24.4 Å². The molecule has 2 rings (SSSR count). The first-order chi connectivity index (χ1) is 8.56. The number of hydrogen-bond acceptors (Lipinski definition) is 2. The number of hydrogen-bond donors (Lipinski definition) is 2. The van der Waals surface area contributed by atoms with Gasteiger partial charge in [0.25, 0.3) is 0 Å². The first-order valence-corrected chi connectivity index (χ1v) is 5.65. The summed E-state index contributed by atoms with van der Waals surface area (Å²) in [6, 6.07) is 4.23. The second kappa shape index (κ2) is 5.18. The monoisotopic (exact) mass is 268 g/mol. The average molecular weight is 269 g/mol. The highest BCUT2D eigenvalue weighted by molar-refractivity contribution is 6.30. The van der Waals surface area contributed by atoms with E-state index in [1.54, 1.807) is 0 Å². The van der Waals surface area contributed by atoms with Crippen LogP contribution in [0.1, 0.15) is 12.2 Å². The first-order valence-electron chi connectivity index (χ1n) is 5.27. The summed E-state index contributed by atoms with van der Waals surface area (Å²) in [7, 11) is 0. The molecule has 94 valence electrons. The highest BCUT2D eigenvalue weighted by Crippen LogP contribution is 2.24. The fraction of sp³-hybridized carbons (Fsp3) is 0.167. The van der Waals surface area contributed by atoms with Crippen LogP contribution in [0.5, 0.6) is 0 Å². The number of carbonyl (C=O) groups is 1. The summed E-state index contributed by atoms with van der Waals surface area (Å²) in [6.45, 7) is 0. The standard InChI is InChI=1S/C12H10ClFN2O2/c13-7-1-2-9(14)8(5-7)10-6-15-11(16-10)3-4-12(17)18/h1-2,5-6H,3-4H2,(H,15,16)(H,17,18). The van der Waals surface area contributed by atoms with Crippen LogP contribution in [-0.4, -0.2) is 21.0 Å². The molecule has 2 aromatic rings. The van der Waals surface area contributed by atoms with E-state index < -0.39 is 11.8 Å². The fourth-order valence-corrected chi connectivity index (χ4v) is 1.73. The molecule has 1 heterocycles. The van der Waals surface area contributed by atoms with Crippen molar-refractivity contribution in [2.24, 2.45) is 0 Å². The number of imidazole rings is 1. The molecule has 0 aliphatic carbocycles. The molecule has 0 fully saturated rings. The Morgan fingerprint density at radius 2 is 2.28 bits per heavy atom. The molecule has 6 heteroatoms. The van der Waals surface area contributed by atoms with E-state index in [2.05, 4.69) is 9.97 Å². The van der Waals surface area contributed by atoms with Crippen molar-refractivity contribution in [1.82, 2.24) is 9.97 Å². The van der Waals surface area contributed by atoms with E-state index in [9.17, 15) is 9.18 Å². The van der Waals surface area contributed by atoms with Gasteiger partial charge in [0.2, 0.25) is 0 Å². The van der Waals surface area contributed by atoms with E-state index in [-0.39, 0.29) is 12.8 Å². The quantitative estimate of drug-likeness (QED) is 0.896. The molecule has 0 unspecified atom stereocenters. The van der Waals surface area contributed by atoms with Crippen LogP contribution in [-0.2, 0) is 11.2 Å². The third-order valence-electron chi connectivity index (χ3n) is 2.42. The fourth-order valence-electron chi connectivity index (χ4n) is 1.56. The molecule has 4 nitrogen and oxygen atoms in total. The molecule has 0 radical (unpaired) electrons. The molecule has 0 amide bonds. The van der Waals surface area contributed by atoms with Gasteiger partial charge in [0.15, 0.2) is 0 Å². The van der Waals surface area contributed by atoms with Crippen molar-refractivity contribution >= 4 is 17.6 Å². The maximum Gasteiger partial charge on any atom is 0.303 e. The van der Waals surface area contributed by atoms with Crippen molar-refractivity contribution in [3.05, 3.63) is 41.1 Å². The van der Waals surface area contributed by atoms with Crippen LogP contribution in [0.3, 0.4) is 0 Å². The number of benzene rings is 1. The first kappa shape index (κ1) is 12.6. The second-order valence-electron chi connectivity index (χ2n) is 3.76. The summed E-state index contributed by atoms with van der Waals surface area (Å²) in [4.78, 5) is 17.3. The average Bonchev–Trinajstić information content (AvgIpc) is 2.78. The number of aryl methyl sites for hydroxylation is 1. The summed E-state index contributed by atoms with van der Waals surface area (Å²) in [5.41, 5.74) is 0.798. The predicted octanol–water partition coefficient (Wildman–Crippen LogP) is 2.89. The molecule has 1 aromatic carbocycles. The number of rotatable bonds is 4. The van der Waals surface area contributed by atoms with Crippen LogP contribution in [0.4, 0.5) is 4.39 Å².